The highest BCUT2D eigenvalue weighted by atomic mass is 19.1. The number of aryl methyl sites for hydroxylation is 1. The minimum Gasteiger partial charge on any atom is -0.504 e. The number of aromatic hydroxyl groups is 1. The minimum atomic E-state index is -0.804. The summed E-state index contributed by atoms with van der Waals surface area (Å²) in [5.74, 6) is -1.50. The zero-order valence-corrected chi connectivity index (χ0v) is 13.9. The van der Waals surface area contributed by atoms with Gasteiger partial charge in [0.15, 0.2) is 11.5 Å². The van der Waals surface area contributed by atoms with E-state index in [1.165, 1.54) is 0 Å². The van der Waals surface area contributed by atoms with Crippen LogP contribution in [0.15, 0.2) is 27.4 Å². The van der Waals surface area contributed by atoms with E-state index in [0.29, 0.717) is 5.56 Å². The van der Waals surface area contributed by atoms with Crippen molar-refractivity contribution in [1.29, 1.82) is 0 Å². The highest BCUT2D eigenvalue weighted by Crippen LogP contribution is 2.44. The van der Waals surface area contributed by atoms with Crippen LogP contribution in [0.5, 0.6) is 5.75 Å². The normalized spacial score (nSPS) is 15.0. The van der Waals surface area contributed by atoms with Crippen LogP contribution in [-0.4, -0.2) is 5.11 Å². The van der Waals surface area contributed by atoms with Crippen molar-refractivity contribution < 1.29 is 13.9 Å². The molecule has 0 atom stereocenters. The molecule has 0 amide bonds. The van der Waals surface area contributed by atoms with Gasteiger partial charge in [-0.3, -0.25) is 0 Å². The molecular formula is C19H21FO3. The fourth-order valence-electron chi connectivity index (χ4n) is 2.78. The summed E-state index contributed by atoms with van der Waals surface area (Å²) < 4.78 is 19.5. The first kappa shape index (κ1) is 15.8. The van der Waals surface area contributed by atoms with Gasteiger partial charge in [0.1, 0.15) is 5.56 Å². The van der Waals surface area contributed by atoms with Crippen LogP contribution >= 0.6 is 0 Å². The van der Waals surface area contributed by atoms with Crippen LogP contribution in [0.4, 0.5) is 4.39 Å². The monoisotopic (exact) mass is 316 g/mol. The molecule has 1 aromatic carbocycles. The highest BCUT2D eigenvalue weighted by Gasteiger charge is 2.33. The molecule has 0 bridgehead atoms. The predicted octanol–water partition coefficient (Wildman–Crippen LogP) is 4.63. The van der Waals surface area contributed by atoms with Crippen LogP contribution in [0.2, 0.25) is 0 Å². The summed E-state index contributed by atoms with van der Waals surface area (Å²) in [5.41, 5.74) is 1.61. The van der Waals surface area contributed by atoms with E-state index >= 15 is 0 Å². The Balaban J connectivity index is 2.16. The Morgan fingerprint density at radius 3 is 2.43 bits per heavy atom. The third-order valence-corrected chi connectivity index (χ3v) is 4.38. The average molecular weight is 316 g/mol. The summed E-state index contributed by atoms with van der Waals surface area (Å²) in [6.45, 7) is 8.13. The quantitative estimate of drug-likeness (QED) is 0.878. The molecule has 122 valence electrons. The number of hydrogen-bond acceptors (Lipinski definition) is 3. The number of rotatable bonds is 2. The maximum Gasteiger partial charge on any atom is 0.347 e. The predicted molar refractivity (Wildman–Crippen MR) is 87.4 cm³/mol. The lowest BCUT2D eigenvalue weighted by atomic mass is 9.84. The van der Waals surface area contributed by atoms with Crippen LogP contribution in [0.25, 0.3) is 11.1 Å². The van der Waals surface area contributed by atoms with Crippen LogP contribution in [0.1, 0.15) is 56.4 Å². The molecule has 1 aliphatic carbocycles. The van der Waals surface area contributed by atoms with E-state index in [1.807, 2.05) is 19.1 Å². The van der Waals surface area contributed by atoms with Crippen molar-refractivity contribution in [1.82, 2.24) is 0 Å². The molecule has 4 heteroatoms. The molecule has 1 aliphatic rings. The molecule has 0 spiro atoms. The van der Waals surface area contributed by atoms with Gasteiger partial charge < -0.3 is 9.52 Å². The van der Waals surface area contributed by atoms with Gasteiger partial charge in [-0.1, -0.05) is 39.0 Å². The van der Waals surface area contributed by atoms with Crippen molar-refractivity contribution in [2.45, 2.75) is 51.9 Å². The first-order chi connectivity index (χ1) is 10.7. The van der Waals surface area contributed by atoms with Gasteiger partial charge in [0.25, 0.3) is 0 Å². The van der Waals surface area contributed by atoms with E-state index in [9.17, 15) is 14.3 Å². The SMILES string of the molecule is Cc1cc(C(C)(C)C)ccc1-c1c(O)c(F)c(C2CC2)oc1=O. The van der Waals surface area contributed by atoms with E-state index in [-0.39, 0.29) is 22.7 Å². The molecule has 1 heterocycles. The van der Waals surface area contributed by atoms with Crippen molar-refractivity contribution in [3.63, 3.8) is 0 Å². The molecule has 1 N–H and O–H groups in total. The molecule has 3 nitrogen and oxygen atoms in total. The zero-order chi connectivity index (χ0) is 16.9. The van der Waals surface area contributed by atoms with Crippen LogP contribution in [0, 0.1) is 12.7 Å². The summed E-state index contributed by atoms with van der Waals surface area (Å²) in [5, 5.41) is 10.2. The average Bonchev–Trinajstić information content (AvgIpc) is 3.28. The molecule has 0 aliphatic heterocycles. The van der Waals surface area contributed by atoms with E-state index in [0.717, 1.165) is 24.0 Å². The molecule has 1 fully saturated rings. The molecule has 0 unspecified atom stereocenters. The molecular weight excluding hydrogens is 295 g/mol. The van der Waals surface area contributed by atoms with Gasteiger partial charge in [0.05, 0.1) is 0 Å². The molecule has 1 aromatic heterocycles. The van der Waals surface area contributed by atoms with Gasteiger partial charge in [-0.05, 0) is 41.9 Å². The maximum atomic E-state index is 14.3. The largest absolute Gasteiger partial charge is 0.504 e. The lowest BCUT2D eigenvalue weighted by molar-refractivity contribution is 0.369. The summed E-state index contributed by atoms with van der Waals surface area (Å²) in [7, 11) is 0. The molecule has 23 heavy (non-hydrogen) atoms. The Morgan fingerprint density at radius 1 is 1.26 bits per heavy atom. The van der Waals surface area contributed by atoms with Crippen LogP contribution < -0.4 is 5.63 Å². The highest BCUT2D eigenvalue weighted by molar-refractivity contribution is 5.72. The maximum absolute atomic E-state index is 14.3. The van der Waals surface area contributed by atoms with Gasteiger partial charge in [0.2, 0.25) is 5.82 Å². The molecule has 1 saturated carbocycles. The summed E-state index contributed by atoms with van der Waals surface area (Å²) in [6.07, 6.45) is 1.58. The Hall–Kier alpha value is -2.10. The zero-order valence-electron chi connectivity index (χ0n) is 13.9. The lowest BCUT2D eigenvalue weighted by Crippen LogP contribution is -2.12. The second-order valence-corrected chi connectivity index (χ2v) is 7.35. The fraction of sp³-hybridized carbons (Fsp3) is 0.421. The second kappa shape index (κ2) is 5.22. The molecule has 3 rings (SSSR count). The van der Waals surface area contributed by atoms with E-state index in [1.54, 1.807) is 6.07 Å². The first-order valence-electron chi connectivity index (χ1n) is 7.87. The van der Waals surface area contributed by atoms with Crippen molar-refractivity contribution in [3.8, 4) is 16.9 Å². The molecule has 2 aromatic rings. The lowest BCUT2D eigenvalue weighted by Gasteiger charge is -2.20. The Kier molecular flexibility index (Phi) is 3.58. The van der Waals surface area contributed by atoms with Crippen molar-refractivity contribution in [3.05, 3.63) is 51.3 Å². The number of benzene rings is 1. The number of hydrogen-bond donors (Lipinski definition) is 1. The Labute approximate surface area is 134 Å². The fourth-order valence-corrected chi connectivity index (χ4v) is 2.78. The van der Waals surface area contributed by atoms with E-state index in [4.69, 9.17) is 4.42 Å². The minimum absolute atomic E-state index is 0.0137. The third kappa shape index (κ3) is 2.78. The molecule has 0 saturated heterocycles. The second-order valence-electron chi connectivity index (χ2n) is 7.35. The summed E-state index contributed by atoms with van der Waals surface area (Å²) >= 11 is 0. The Bertz CT molecular complexity index is 824. The van der Waals surface area contributed by atoms with Gasteiger partial charge >= 0.3 is 5.63 Å². The third-order valence-electron chi connectivity index (χ3n) is 4.38. The van der Waals surface area contributed by atoms with Crippen LogP contribution in [-0.2, 0) is 5.41 Å². The van der Waals surface area contributed by atoms with E-state index in [2.05, 4.69) is 20.8 Å². The smallest absolute Gasteiger partial charge is 0.347 e. The van der Waals surface area contributed by atoms with Gasteiger partial charge in [-0.2, -0.15) is 4.39 Å². The molecule has 0 radical (unpaired) electrons. The van der Waals surface area contributed by atoms with Gasteiger partial charge in [-0.25, -0.2) is 4.79 Å². The van der Waals surface area contributed by atoms with Crippen molar-refractivity contribution in [2.75, 3.05) is 0 Å². The van der Waals surface area contributed by atoms with Gasteiger partial charge in [-0.15, -0.1) is 0 Å². The van der Waals surface area contributed by atoms with Crippen LogP contribution in [0.3, 0.4) is 0 Å². The topological polar surface area (TPSA) is 50.4 Å². The van der Waals surface area contributed by atoms with E-state index < -0.39 is 17.2 Å². The van der Waals surface area contributed by atoms with Crippen molar-refractivity contribution >= 4 is 0 Å². The standard InChI is InChI=1S/C19H21FO3/c1-10-9-12(19(2,3)4)7-8-13(10)14-16(21)15(20)17(11-5-6-11)23-18(14)22/h7-9,11,21H,5-6H2,1-4H3. The van der Waals surface area contributed by atoms with Crippen molar-refractivity contribution in [2.24, 2.45) is 0 Å². The summed E-state index contributed by atoms with van der Waals surface area (Å²) in [4.78, 5) is 12.3. The summed E-state index contributed by atoms with van der Waals surface area (Å²) in [6, 6.07) is 5.60. The number of halogens is 1. The van der Waals surface area contributed by atoms with Gasteiger partial charge in [0, 0.05) is 5.92 Å². The Morgan fingerprint density at radius 2 is 1.91 bits per heavy atom. The first-order valence-corrected chi connectivity index (χ1v) is 7.87.